The smallest absolute Gasteiger partial charge is 0.191 e. The second-order valence-corrected chi connectivity index (χ2v) is 3.21. The molecule has 4 nitrogen and oxygen atoms in total. The molecule has 0 amide bonds. The highest BCUT2D eigenvalue weighted by Crippen LogP contribution is 2.38. The first-order valence-corrected chi connectivity index (χ1v) is 4.81. The molecule has 1 heterocycles. The van der Waals surface area contributed by atoms with Gasteiger partial charge in [-0.3, -0.25) is 0 Å². The van der Waals surface area contributed by atoms with Crippen molar-refractivity contribution in [2.45, 2.75) is 6.92 Å². The van der Waals surface area contributed by atoms with Crippen LogP contribution in [-0.2, 0) is 0 Å². The quantitative estimate of drug-likeness (QED) is 0.793. The average Bonchev–Trinajstić information content (AvgIpc) is 2.74. The van der Waals surface area contributed by atoms with Crippen LogP contribution in [0.2, 0.25) is 0 Å². The molecule has 1 radical (unpaired) electrons. The standard InChI is InChI=1S/C12H12NO3/c1-8-13-7-11(16-8)12-9(14-2)5-4-6-10(12)15-3/h5-7H,1-3H3. The first-order valence-electron chi connectivity index (χ1n) is 4.81. The Morgan fingerprint density at radius 3 is 2.25 bits per heavy atom. The van der Waals surface area contributed by atoms with E-state index in [4.69, 9.17) is 13.9 Å². The van der Waals surface area contributed by atoms with Gasteiger partial charge in [-0.05, 0) is 18.2 Å². The van der Waals surface area contributed by atoms with E-state index in [-0.39, 0.29) is 0 Å². The molecule has 1 aromatic carbocycles. The van der Waals surface area contributed by atoms with Crippen molar-refractivity contribution in [3.05, 3.63) is 30.3 Å². The Labute approximate surface area is 93.8 Å². The van der Waals surface area contributed by atoms with Gasteiger partial charge in [0.2, 0.25) is 0 Å². The third-order valence-corrected chi connectivity index (χ3v) is 2.23. The monoisotopic (exact) mass is 218 g/mol. The van der Waals surface area contributed by atoms with Crippen molar-refractivity contribution in [2.75, 3.05) is 14.2 Å². The lowest BCUT2D eigenvalue weighted by atomic mass is 10.1. The number of methoxy groups -OCH3 is 2. The molecule has 0 aliphatic rings. The maximum Gasteiger partial charge on any atom is 0.191 e. The molecule has 2 aromatic rings. The number of benzene rings is 1. The number of aromatic nitrogens is 1. The van der Waals surface area contributed by atoms with Crippen molar-refractivity contribution in [2.24, 2.45) is 0 Å². The van der Waals surface area contributed by atoms with Gasteiger partial charge in [0.25, 0.3) is 0 Å². The van der Waals surface area contributed by atoms with Crippen molar-refractivity contribution < 1.29 is 13.9 Å². The highest BCUT2D eigenvalue weighted by molar-refractivity contribution is 5.72. The molecule has 16 heavy (non-hydrogen) atoms. The van der Waals surface area contributed by atoms with E-state index >= 15 is 0 Å². The number of rotatable bonds is 3. The summed E-state index contributed by atoms with van der Waals surface area (Å²) in [6, 6.07) is 6.40. The van der Waals surface area contributed by atoms with Gasteiger partial charge in [-0.1, -0.05) is 0 Å². The highest BCUT2D eigenvalue weighted by Gasteiger charge is 2.15. The summed E-state index contributed by atoms with van der Waals surface area (Å²) in [5.74, 6) is 2.53. The fourth-order valence-electron chi connectivity index (χ4n) is 1.50. The molecule has 0 unspecified atom stereocenters. The summed E-state index contributed by atoms with van der Waals surface area (Å²) in [6.45, 7) is 1.79. The molecule has 0 saturated carbocycles. The van der Waals surface area contributed by atoms with E-state index in [9.17, 15) is 0 Å². The van der Waals surface area contributed by atoms with Crippen LogP contribution < -0.4 is 9.47 Å². The van der Waals surface area contributed by atoms with Gasteiger partial charge in [0.1, 0.15) is 17.1 Å². The van der Waals surface area contributed by atoms with Gasteiger partial charge in [0.15, 0.2) is 11.7 Å². The normalized spacial score (nSPS) is 10.2. The second-order valence-electron chi connectivity index (χ2n) is 3.21. The Balaban J connectivity index is 2.60. The lowest BCUT2D eigenvalue weighted by Gasteiger charge is -2.09. The second kappa shape index (κ2) is 4.26. The van der Waals surface area contributed by atoms with Crippen LogP contribution in [0.5, 0.6) is 11.5 Å². The average molecular weight is 218 g/mol. The van der Waals surface area contributed by atoms with Gasteiger partial charge in [0, 0.05) is 6.92 Å². The van der Waals surface area contributed by atoms with Crippen LogP contribution in [0.3, 0.4) is 0 Å². The van der Waals surface area contributed by atoms with Crippen LogP contribution in [0.25, 0.3) is 11.3 Å². The minimum absolute atomic E-state index is 0.604. The number of oxazole rings is 1. The Morgan fingerprint density at radius 1 is 1.19 bits per heavy atom. The van der Waals surface area contributed by atoms with Crippen molar-refractivity contribution in [3.63, 3.8) is 0 Å². The SMILES string of the molecule is COc1c[c]cc(OC)c1-c1cnc(C)o1. The molecule has 0 atom stereocenters. The zero-order valence-corrected chi connectivity index (χ0v) is 9.40. The fraction of sp³-hybridized carbons (Fsp3) is 0.250. The van der Waals surface area contributed by atoms with Crippen LogP contribution in [0, 0.1) is 13.0 Å². The molecule has 0 N–H and O–H groups in total. The summed E-state index contributed by atoms with van der Waals surface area (Å²) in [7, 11) is 3.19. The van der Waals surface area contributed by atoms with Gasteiger partial charge in [0.05, 0.1) is 20.4 Å². The molecule has 83 valence electrons. The Morgan fingerprint density at radius 2 is 1.81 bits per heavy atom. The lowest BCUT2D eigenvalue weighted by Crippen LogP contribution is -1.92. The van der Waals surface area contributed by atoms with Crippen molar-refractivity contribution in [1.82, 2.24) is 4.98 Å². The van der Waals surface area contributed by atoms with E-state index in [2.05, 4.69) is 11.1 Å². The molecular formula is C12H12NO3. The largest absolute Gasteiger partial charge is 0.496 e. The summed E-state index contributed by atoms with van der Waals surface area (Å²) in [5, 5.41) is 0. The van der Waals surface area contributed by atoms with Crippen LogP contribution in [0.15, 0.2) is 22.7 Å². The number of hydrogen-bond acceptors (Lipinski definition) is 4. The lowest BCUT2D eigenvalue weighted by molar-refractivity contribution is 0.393. The summed E-state index contributed by atoms with van der Waals surface area (Å²) >= 11 is 0. The van der Waals surface area contributed by atoms with Crippen LogP contribution in [0.1, 0.15) is 5.89 Å². The molecule has 4 heteroatoms. The fourth-order valence-corrected chi connectivity index (χ4v) is 1.50. The van der Waals surface area contributed by atoms with Crippen LogP contribution in [-0.4, -0.2) is 19.2 Å². The summed E-state index contributed by atoms with van der Waals surface area (Å²) in [6.07, 6.45) is 1.65. The van der Waals surface area contributed by atoms with E-state index in [1.54, 1.807) is 39.5 Å². The van der Waals surface area contributed by atoms with Gasteiger partial charge in [-0.2, -0.15) is 0 Å². The maximum absolute atomic E-state index is 5.47. The van der Waals surface area contributed by atoms with E-state index in [0.29, 0.717) is 23.1 Å². The van der Waals surface area contributed by atoms with Gasteiger partial charge in [-0.25, -0.2) is 4.98 Å². The van der Waals surface area contributed by atoms with Crippen molar-refractivity contribution in [1.29, 1.82) is 0 Å². The van der Waals surface area contributed by atoms with E-state index in [0.717, 1.165) is 5.56 Å². The molecule has 0 bridgehead atoms. The Hall–Kier alpha value is -1.97. The van der Waals surface area contributed by atoms with E-state index < -0.39 is 0 Å². The summed E-state index contributed by atoms with van der Waals surface area (Å²) < 4.78 is 16.0. The predicted octanol–water partition coefficient (Wildman–Crippen LogP) is 2.47. The van der Waals surface area contributed by atoms with Gasteiger partial charge >= 0.3 is 0 Å². The molecule has 0 spiro atoms. The van der Waals surface area contributed by atoms with Crippen LogP contribution >= 0.6 is 0 Å². The molecule has 0 saturated heterocycles. The van der Waals surface area contributed by atoms with Crippen molar-refractivity contribution >= 4 is 0 Å². The highest BCUT2D eigenvalue weighted by atomic mass is 16.5. The van der Waals surface area contributed by atoms with E-state index in [1.165, 1.54) is 0 Å². The summed E-state index contributed by atoms with van der Waals surface area (Å²) in [5.41, 5.74) is 0.754. The number of ether oxygens (including phenoxy) is 2. The zero-order chi connectivity index (χ0) is 11.5. The number of hydrogen-bond donors (Lipinski definition) is 0. The third-order valence-electron chi connectivity index (χ3n) is 2.23. The summed E-state index contributed by atoms with van der Waals surface area (Å²) in [4.78, 5) is 4.06. The molecule has 0 aliphatic carbocycles. The first kappa shape index (κ1) is 10.5. The zero-order valence-electron chi connectivity index (χ0n) is 9.40. The van der Waals surface area contributed by atoms with Crippen LogP contribution in [0.4, 0.5) is 0 Å². The Kier molecular flexibility index (Phi) is 2.81. The van der Waals surface area contributed by atoms with Gasteiger partial charge < -0.3 is 13.9 Å². The molecular weight excluding hydrogens is 206 g/mol. The molecule has 1 aromatic heterocycles. The molecule has 0 aliphatic heterocycles. The topological polar surface area (TPSA) is 44.5 Å². The predicted molar refractivity (Wildman–Crippen MR) is 58.6 cm³/mol. The number of aryl methyl sites for hydroxylation is 1. The third kappa shape index (κ3) is 1.74. The number of nitrogens with zero attached hydrogens (tertiary/aromatic N) is 1. The minimum Gasteiger partial charge on any atom is -0.496 e. The minimum atomic E-state index is 0.604. The van der Waals surface area contributed by atoms with Crippen molar-refractivity contribution in [3.8, 4) is 22.8 Å². The van der Waals surface area contributed by atoms with E-state index in [1.807, 2.05) is 0 Å². The molecule has 0 fully saturated rings. The molecule has 2 rings (SSSR count). The van der Waals surface area contributed by atoms with Gasteiger partial charge in [-0.15, -0.1) is 0 Å². The Bertz CT molecular complexity index is 469. The maximum atomic E-state index is 5.47. The first-order chi connectivity index (χ1) is 7.76.